The Morgan fingerprint density at radius 2 is 1.71 bits per heavy atom. The van der Waals surface area contributed by atoms with Crippen molar-refractivity contribution in [2.24, 2.45) is 5.16 Å². The molecule has 1 atom stereocenters. The van der Waals surface area contributed by atoms with Crippen molar-refractivity contribution in [3.63, 3.8) is 0 Å². The molecular weight excluding hydrogens is 402 g/mol. The predicted octanol–water partition coefficient (Wildman–Crippen LogP) is 7.64. The Labute approximate surface area is 191 Å². The lowest BCUT2D eigenvalue weighted by Crippen LogP contribution is -2.12. The van der Waals surface area contributed by atoms with Crippen LogP contribution in [0.4, 0.5) is 0 Å². The lowest BCUT2D eigenvalue weighted by Gasteiger charge is -2.13. The number of benzene rings is 2. The van der Waals surface area contributed by atoms with E-state index in [4.69, 9.17) is 4.84 Å². The van der Waals surface area contributed by atoms with E-state index in [0.717, 1.165) is 36.1 Å². The molecule has 0 saturated carbocycles. The SMILES string of the molecule is C=C(C(CCCCCC)=NOC(O)C(=C)C=CC)c1ccc(Sc2ccccc2)cc1. The molecule has 0 amide bonds. The minimum absolute atomic E-state index is 0.462. The standard InChI is InChI=1S/C27H33NO2S/c1-5-7-8-12-16-26(28-30-27(29)21(3)13-6-2)22(4)23-17-19-25(20-18-23)31-24-14-10-9-11-15-24/h6,9-11,13-15,17-20,27,29H,3-5,7-8,12,16H2,1-2H3. The van der Waals surface area contributed by atoms with Gasteiger partial charge in [0.25, 0.3) is 0 Å². The molecule has 0 bridgehead atoms. The van der Waals surface area contributed by atoms with Crippen LogP contribution in [0.25, 0.3) is 5.57 Å². The molecule has 2 aromatic rings. The van der Waals surface area contributed by atoms with Gasteiger partial charge in [0.2, 0.25) is 6.29 Å². The maximum Gasteiger partial charge on any atom is 0.250 e. The van der Waals surface area contributed by atoms with Crippen molar-refractivity contribution in [1.29, 1.82) is 0 Å². The van der Waals surface area contributed by atoms with E-state index in [0.29, 0.717) is 5.57 Å². The topological polar surface area (TPSA) is 41.8 Å². The molecule has 4 heteroatoms. The summed E-state index contributed by atoms with van der Waals surface area (Å²) >= 11 is 1.72. The molecule has 0 aliphatic heterocycles. The molecule has 2 rings (SSSR count). The number of oxime groups is 1. The van der Waals surface area contributed by atoms with E-state index < -0.39 is 6.29 Å². The molecule has 0 aliphatic rings. The number of nitrogens with zero attached hydrogens (tertiary/aromatic N) is 1. The second kappa shape index (κ2) is 13.7. The molecule has 0 aromatic heterocycles. The van der Waals surface area contributed by atoms with Crippen LogP contribution < -0.4 is 0 Å². The third-order valence-corrected chi connectivity index (χ3v) is 5.77. The van der Waals surface area contributed by atoms with Crippen molar-refractivity contribution in [3.8, 4) is 0 Å². The Kier molecular flexibility index (Phi) is 10.9. The first-order valence-corrected chi connectivity index (χ1v) is 11.6. The molecule has 0 spiro atoms. The van der Waals surface area contributed by atoms with E-state index in [9.17, 15) is 5.11 Å². The van der Waals surface area contributed by atoms with Gasteiger partial charge in [-0.3, -0.25) is 0 Å². The number of hydrogen-bond acceptors (Lipinski definition) is 4. The Bertz CT molecular complexity index is 885. The zero-order valence-electron chi connectivity index (χ0n) is 18.6. The Morgan fingerprint density at radius 1 is 1.03 bits per heavy atom. The average molecular weight is 436 g/mol. The van der Waals surface area contributed by atoms with Gasteiger partial charge in [-0.25, -0.2) is 0 Å². The van der Waals surface area contributed by atoms with E-state index in [1.165, 1.54) is 22.6 Å². The maximum atomic E-state index is 10.1. The number of allylic oxidation sites excluding steroid dienone is 2. The molecule has 164 valence electrons. The predicted molar refractivity (Wildman–Crippen MR) is 133 cm³/mol. The molecule has 0 fully saturated rings. The van der Waals surface area contributed by atoms with E-state index in [1.807, 2.05) is 25.1 Å². The van der Waals surface area contributed by atoms with Gasteiger partial charge in [-0.2, -0.15) is 0 Å². The highest BCUT2D eigenvalue weighted by Crippen LogP contribution is 2.29. The molecule has 1 unspecified atom stereocenters. The highest BCUT2D eigenvalue weighted by molar-refractivity contribution is 7.99. The van der Waals surface area contributed by atoms with Crippen molar-refractivity contribution in [2.45, 2.75) is 62.0 Å². The third-order valence-electron chi connectivity index (χ3n) is 4.76. The van der Waals surface area contributed by atoms with Gasteiger partial charge >= 0.3 is 0 Å². The summed E-state index contributed by atoms with van der Waals surface area (Å²) in [5.41, 5.74) is 3.03. The highest BCUT2D eigenvalue weighted by Gasteiger charge is 2.12. The number of unbranched alkanes of at least 4 members (excludes halogenated alkanes) is 3. The van der Waals surface area contributed by atoms with Gasteiger partial charge in [0.1, 0.15) is 0 Å². The van der Waals surface area contributed by atoms with Crippen LogP contribution in [0.1, 0.15) is 51.5 Å². The zero-order chi connectivity index (χ0) is 22.5. The zero-order valence-corrected chi connectivity index (χ0v) is 19.4. The van der Waals surface area contributed by atoms with Crippen LogP contribution >= 0.6 is 11.8 Å². The number of aliphatic hydroxyl groups excluding tert-OH is 1. The first kappa shape index (κ1) is 24.7. The van der Waals surface area contributed by atoms with Crippen molar-refractivity contribution in [1.82, 2.24) is 0 Å². The van der Waals surface area contributed by atoms with Crippen molar-refractivity contribution < 1.29 is 9.94 Å². The van der Waals surface area contributed by atoms with Gasteiger partial charge in [0.05, 0.1) is 5.71 Å². The van der Waals surface area contributed by atoms with E-state index in [2.05, 4.69) is 61.6 Å². The summed E-state index contributed by atoms with van der Waals surface area (Å²) in [5.74, 6) is 0. The molecule has 1 N–H and O–H groups in total. The van der Waals surface area contributed by atoms with Crippen LogP contribution in [0.2, 0.25) is 0 Å². The molecule has 0 radical (unpaired) electrons. The lowest BCUT2D eigenvalue weighted by atomic mass is 9.98. The molecule has 0 saturated heterocycles. The summed E-state index contributed by atoms with van der Waals surface area (Å²) < 4.78 is 0. The smallest absolute Gasteiger partial charge is 0.250 e. The maximum absolute atomic E-state index is 10.1. The summed E-state index contributed by atoms with van der Waals surface area (Å²) in [6, 6.07) is 18.6. The largest absolute Gasteiger partial charge is 0.358 e. The second-order valence-corrected chi connectivity index (χ2v) is 8.45. The van der Waals surface area contributed by atoms with Crippen molar-refractivity contribution >= 4 is 23.0 Å². The quantitative estimate of drug-likeness (QED) is 0.115. The van der Waals surface area contributed by atoms with Crippen LogP contribution in [0, 0.1) is 0 Å². The fourth-order valence-corrected chi connectivity index (χ4v) is 3.80. The first-order chi connectivity index (χ1) is 15.0. The molecule has 31 heavy (non-hydrogen) atoms. The molecule has 3 nitrogen and oxygen atoms in total. The summed E-state index contributed by atoms with van der Waals surface area (Å²) in [5, 5.41) is 14.4. The molecule has 0 aliphatic carbocycles. The minimum atomic E-state index is -1.17. The number of aliphatic hydroxyl groups is 1. The van der Waals surface area contributed by atoms with Gasteiger partial charge in [0.15, 0.2) is 0 Å². The molecule has 0 heterocycles. The van der Waals surface area contributed by atoms with Crippen LogP contribution in [-0.4, -0.2) is 17.1 Å². The molecular formula is C27H33NO2S. The summed E-state index contributed by atoms with van der Waals surface area (Å²) in [4.78, 5) is 7.72. The third kappa shape index (κ3) is 8.60. The van der Waals surface area contributed by atoms with E-state index in [1.54, 1.807) is 23.9 Å². The Morgan fingerprint density at radius 3 is 2.35 bits per heavy atom. The monoisotopic (exact) mass is 435 g/mol. The van der Waals surface area contributed by atoms with Crippen LogP contribution in [-0.2, 0) is 4.84 Å². The van der Waals surface area contributed by atoms with Gasteiger partial charge in [-0.1, -0.05) is 98.7 Å². The van der Waals surface area contributed by atoms with E-state index in [-0.39, 0.29) is 0 Å². The van der Waals surface area contributed by atoms with Crippen molar-refractivity contribution in [2.75, 3.05) is 0 Å². The summed E-state index contributed by atoms with van der Waals surface area (Å²) in [7, 11) is 0. The highest BCUT2D eigenvalue weighted by atomic mass is 32.2. The Balaban J connectivity index is 2.10. The van der Waals surface area contributed by atoms with Crippen LogP contribution in [0.5, 0.6) is 0 Å². The number of rotatable bonds is 13. The van der Waals surface area contributed by atoms with E-state index >= 15 is 0 Å². The second-order valence-electron chi connectivity index (χ2n) is 7.30. The molecule has 2 aromatic carbocycles. The van der Waals surface area contributed by atoms with Crippen molar-refractivity contribution in [3.05, 3.63) is 91.0 Å². The summed E-state index contributed by atoms with van der Waals surface area (Å²) in [6.07, 6.45) is 7.59. The van der Waals surface area contributed by atoms with Gasteiger partial charge in [0, 0.05) is 15.4 Å². The normalized spacial score (nSPS) is 12.7. The lowest BCUT2D eigenvalue weighted by molar-refractivity contribution is -0.0680. The fourth-order valence-electron chi connectivity index (χ4n) is 2.96. The fraction of sp³-hybridized carbons (Fsp3) is 0.296. The number of hydrogen-bond donors (Lipinski definition) is 1. The van der Waals surface area contributed by atoms with Gasteiger partial charge in [-0.05, 0) is 55.2 Å². The average Bonchev–Trinajstić information content (AvgIpc) is 2.79. The first-order valence-electron chi connectivity index (χ1n) is 10.8. The van der Waals surface area contributed by atoms with Gasteiger partial charge < -0.3 is 9.94 Å². The Hall–Kier alpha value is -2.56. The van der Waals surface area contributed by atoms with Gasteiger partial charge in [-0.15, -0.1) is 0 Å². The van der Waals surface area contributed by atoms with Crippen LogP contribution in [0.15, 0.2) is 100 Å². The summed E-state index contributed by atoms with van der Waals surface area (Å²) in [6.45, 7) is 12.1. The minimum Gasteiger partial charge on any atom is -0.358 e. The van der Waals surface area contributed by atoms with Crippen LogP contribution in [0.3, 0.4) is 0 Å².